The van der Waals surface area contributed by atoms with E-state index in [1.165, 1.54) is 6.42 Å². The molecule has 0 aromatic heterocycles. The highest BCUT2D eigenvalue weighted by molar-refractivity contribution is 5.85. The Balaban J connectivity index is 0. The van der Waals surface area contributed by atoms with E-state index < -0.39 is 0 Å². The molecule has 0 radical (unpaired) electrons. The van der Waals surface area contributed by atoms with Crippen LogP contribution in [0.15, 0.2) is 12.3 Å². The van der Waals surface area contributed by atoms with E-state index in [1.54, 1.807) is 0 Å². The fourth-order valence-corrected chi connectivity index (χ4v) is 0.429. The first-order valence-corrected chi connectivity index (χ1v) is 3.30. The summed E-state index contributed by atoms with van der Waals surface area (Å²) in [4.78, 5) is 0. The van der Waals surface area contributed by atoms with E-state index in [4.69, 9.17) is 0 Å². The molecule has 2 heteroatoms. The number of halogens is 1. The van der Waals surface area contributed by atoms with Gasteiger partial charge in [-0.1, -0.05) is 19.9 Å². The highest BCUT2D eigenvalue weighted by Crippen LogP contribution is 1.75. The average Bonchev–Trinajstić information content (AvgIpc) is 1.81. The van der Waals surface area contributed by atoms with Gasteiger partial charge in [0.05, 0.1) is 0 Å². The smallest absolute Gasteiger partial charge is 0.0138 e. The molecule has 0 unspecified atom stereocenters. The average molecular weight is 150 g/mol. The van der Waals surface area contributed by atoms with Crippen molar-refractivity contribution in [2.24, 2.45) is 0 Å². The topological polar surface area (TPSA) is 12.0 Å². The number of rotatable bonds is 4. The second-order valence-corrected chi connectivity index (χ2v) is 1.76. The number of hydrogen-bond acceptors (Lipinski definition) is 1. The van der Waals surface area contributed by atoms with Crippen LogP contribution in [0.1, 0.15) is 26.7 Å². The van der Waals surface area contributed by atoms with Gasteiger partial charge in [-0.2, -0.15) is 0 Å². The first-order chi connectivity index (χ1) is 3.91. The van der Waals surface area contributed by atoms with Crippen LogP contribution in [0.25, 0.3) is 0 Å². The maximum atomic E-state index is 3.16. The van der Waals surface area contributed by atoms with Crippen molar-refractivity contribution in [3.8, 4) is 0 Å². The summed E-state index contributed by atoms with van der Waals surface area (Å²) in [6.07, 6.45) is 6.46. The Labute approximate surface area is 63.9 Å². The second kappa shape index (κ2) is 10.7. The van der Waals surface area contributed by atoms with Crippen molar-refractivity contribution >= 4 is 12.4 Å². The van der Waals surface area contributed by atoms with Crippen LogP contribution >= 0.6 is 12.4 Å². The van der Waals surface area contributed by atoms with Crippen molar-refractivity contribution in [3.05, 3.63) is 12.3 Å². The van der Waals surface area contributed by atoms with Gasteiger partial charge in [-0.3, -0.25) is 0 Å². The summed E-state index contributed by atoms with van der Waals surface area (Å²) in [5, 5.41) is 3.16. The van der Waals surface area contributed by atoms with Gasteiger partial charge in [-0.05, 0) is 19.0 Å². The molecule has 0 atom stereocenters. The molecule has 56 valence electrons. The van der Waals surface area contributed by atoms with Crippen molar-refractivity contribution in [2.45, 2.75) is 26.7 Å². The Kier molecular flexibility index (Phi) is 13.9. The summed E-state index contributed by atoms with van der Waals surface area (Å²) in [5.41, 5.74) is 0. The minimum Gasteiger partial charge on any atom is -0.391 e. The van der Waals surface area contributed by atoms with Crippen molar-refractivity contribution in [2.75, 3.05) is 6.54 Å². The molecule has 0 aromatic rings. The first kappa shape index (κ1) is 11.6. The molecule has 0 aliphatic rings. The van der Waals surface area contributed by atoms with E-state index in [1.807, 2.05) is 6.20 Å². The lowest BCUT2D eigenvalue weighted by Crippen LogP contribution is -2.04. The van der Waals surface area contributed by atoms with Crippen LogP contribution in [-0.2, 0) is 0 Å². The van der Waals surface area contributed by atoms with Gasteiger partial charge in [0.25, 0.3) is 0 Å². The summed E-state index contributed by atoms with van der Waals surface area (Å²) in [6.45, 7) is 5.38. The Hall–Kier alpha value is -0.170. The zero-order chi connectivity index (χ0) is 6.24. The Morgan fingerprint density at radius 2 is 2.00 bits per heavy atom. The number of nitrogens with one attached hydrogen (secondary N) is 1. The highest BCUT2D eigenvalue weighted by Gasteiger charge is 1.70. The van der Waals surface area contributed by atoms with E-state index in [2.05, 4.69) is 25.2 Å². The SMILES string of the molecule is CCC=CNCCC.Cl. The van der Waals surface area contributed by atoms with Gasteiger partial charge in [0.2, 0.25) is 0 Å². The third kappa shape index (κ3) is 11.4. The quantitative estimate of drug-likeness (QED) is 0.605. The summed E-state index contributed by atoms with van der Waals surface area (Å²) in [6, 6.07) is 0. The fourth-order valence-electron chi connectivity index (χ4n) is 0.429. The largest absolute Gasteiger partial charge is 0.391 e. The minimum absolute atomic E-state index is 0. The molecule has 0 aliphatic heterocycles. The molecule has 0 spiro atoms. The summed E-state index contributed by atoms with van der Waals surface area (Å²) in [5.74, 6) is 0. The summed E-state index contributed by atoms with van der Waals surface area (Å²) < 4.78 is 0. The maximum Gasteiger partial charge on any atom is 0.0138 e. The highest BCUT2D eigenvalue weighted by atomic mass is 35.5. The van der Waals surface area contributed by atoms with Gasteiger partial charge in [0.15, 0.2) is 0 Å². The minimum atomic E-state index is 0. The molecular weight excluding hydrogens is 134 g/mol. The van der Waals surface area contributed by atoms with Crippen LogP contribution in [0.4, 0.5) is 0 Å². The van der Waals surface area contributed by atoms with Crippen molar-refractivity contribution in [1.29, 1.82) is 0 Å². The molecule has 0 saturated carbocycles. The third-order valence-corrected chi connectivity index (χ3v) is 0.866. The second-order valence-electron chi connectivity index (χ2n) is 1.76. The number of hydrogen-bond donors (Lipinski definition) is 1. The van der Waals surface area contributed by atoms with Crippen molar-refractivity contribution in [3.63, 3.8) is 0 Å². The molecule has 1 nitrogen and oxygen atoms in total. The van der Waals surface area contributed by atoms with Crippen molar-refractivity contribution in [1.82, 2.24) is 5.32 Å². The molecular formula is C7H16ClN. The molecule has 9 heavy (non-hydrogen) atoms. The van der Waals surface area contributed by atoms with Crippen LogP contribution in [0.2, 0.25) is 0 Å². The third-order valence-electron chi connectivity index (χ3n) is 0.866. The lowest BCUT2D eigenvalue weighted by atomic mass is 10.4. The normalized spacial score (nSPS) is 9.11. The lowest BCUT2D eigenvalue weighted by molar-refractivity contribution is 0.806. The molecule has 0 bridgehead atoms. The van der Waals surface area contributed by atoms with E-state index in [0.29, 0.717) is 0 Å². The van der Waals surface area contributed by atoms with Crippen LogP contribution in [0.5, 0.6) is 0 Å². The maximum absolute atomic E-state index is 3.16. The zero-order valence-corrected chi connectivity index (χ0v) is 7.00. The van der Waals surface area contributed by atoms with Crippen LogP contribution in [-0.4, -0.2) is 6.54 Å². The van der Waals surface area contributed by atoms with Crippen molar-refractivity contribution < 1.29 is 0 Å². The van der Waals surface area contributed by atoms with Gasteiger partial charge in [0.1, 0.15) is 0 Å². The van der Waals surface area contributed by atoms with Gasteiger partial charge in [-0.15, -0.1) is 12.4 Å². The predicted molar refractivity (Wildman–Crippen MR) is 45.0 cm³/mol. The van der Waals surface area contributed by atoms with Gasteiger partial charge in [0, 0.05) is 6.54 Å². The predicted octanol–water partition coefficient (Wildman–Crippen LogP) is 2.33. The molecule has 0 aliphatic carbocycles. The molecule has 0 saturated heterocycles. The Morgan fingerprint density at radius 3 is 2.44 bits per heavy atom. The standard InChI is InChI=1S/C7H15N.ClH/c1-3-5-7-8-6-4-2;/h5,7-8H,3-4,6H2,1-2H3;1H. The zero-order valence-electron chi connectivity index (χ0n) is 6.18. The van der Waals surface area contributed by atoms with Gasteiger partial charge < -0.3 is 5.32 Å². The molecule has 1 N–H and O–H groups in total. The first-order valence-electron chi connectivity index (χ1n) is 3.30. The van der Waals surface area contributed by atoms with E-state index in [9.17, 15) is 0 Å². The van der Waals surface area contributed by atoms with E-state index >= 15 is 0 Å². The van der Waals surface area contributed by atoms with Crippen LogP contribution in [0, 0.1) is 0 Å². The number of allylic oxidation sites excluding steroid dienone is 1. The Bertz CT molecular complexity index is 61.9. The molecule has 0 amide bonds. The fraction of sp³-hybridized carbons (Fsp3) is 0.714. The molecule has 0 heterocycles. The molecule has 0 aromatic carbocycles. The summed E-state index contributed by atoms with van der Waals surface area (Å²) in [7, 11) is 0. The molecule has 0 fully saturated rings. The van der Waals surface area contributed by atoms with Crippen LogP contribution < -0.4 is 5.32 Å². The van der Waals surface area contributed by atoms with Crippen LogP contribution in [0.3, 0.4) is 0 Å². The van der Waals surface area contributed by atoms with Gasteiger partial charge >= 0.3 is 0 Å². The van der Waals surface area contributed by atoms with Gasteiger partial charge in [-0.25, -0.2) is 0 Å². The Morgan fingerprint density at radius 1 is 1.33 bits per heavy atom. The van der Waals surface area contributed by atoms with E-state index in [-0.39, 0.29) is 12.4 Å². The molecule has 0 rings (SSSR count). The van der Waals surface area contributed by atoms with E-state index in [0.717, 1.165) is 13.0 Å². The monoisotopic (exact) mass is 149 g/mol. The lowest BCUT2D eigenvalue weighted by Gasteiger charge is -1.92. The summed E-state index contributed by atoms with van der Waals surface area (Å²) >= 11 is 0.